The van der Waals surface area contributed by atoms with Gasteiger partial charge in [0.05, 0.1) is 11.7 Å². The first-order valence-corrected chi connectivity index (χ1v) is 13.2. The third-order valence-corrected chi connectivity index (χ3v) is 11.6. The van der Waals surface area contributed by atoms with E-state index >= 15 is 0 Å². The molecule has 10 atom stereocenters. The van der Waals surface area contributed by atoms with Crippen molar-refractivity contribution < 1.29 is 19.4 Å². The lowest BCUT2D eigenvalue weighted by Crippen LogP contribution is -2.68. The van der Waals surface area contributed by atoms with Crippen LogP contribution < -0.4 is 0 Å². The van der Waals surface area contributed by atoms with Gasteiger partial charge in [-0.2, -0.15) is 0 Å². The first-order chi connectivity index (χ1) is 16.3. The predicted molar refractivity (Wildman–Crippen MR) is 127 cm³/mol. The number of esters is 1. The van der Waals surface area contributed by atoms with Crippen molar-refractivity contribution in [2.75, 3.05) is 13.1 Å². The monoisotopic (exact) mass is 461 g/mol. The van der Waals surface area contributed by atoms with E-state index < -0.39 is 12.2 Å². The summed E-state index contributed by atoms with van der Waals surface area (Å²) in [6.45, 7) is 11.0. The van der Waals surface area contributed by atoms with Gasteiger partial charge in [0.1, 0.15) is 11.9 Å². The SMILES string of the molecule is C=C1[C@H]2C[C@@]3([C@@H]1OC(=O)c1ccccc1)[C@@H](CC2=O)[C@]12[C@@H]4C[C@H]3[C@H]1N(CC)C[C@]4(C)CC[C@@H]2O. The van der Waals surface area contributed by atoms with Crippen LogP contribution in [0, 0.1) is 39.9 Å². The molecule has 5 heteroatoms. The van der Waals surface area contributed by atoms with Gasteiger partial charge >= 0.3 is 5.97 Å². The zero-order valence-electron chi connectivity index (χ0n) is 20.2. The van der Waals surface area contributed by atoms with Crippen molar-refractivity contribution >= 4 is 11.8 Å². The first-order valence-electron chi connectivity index (χ1n) is 13.2. The normalized spacial score (nSPS) is 50.4. The molecule has 1 heterocycles. The standard InChI is InChI=1S/C29H35NO4/c1-4-30-15-27(3)11-10-23(32)29-21(27)12-19(24(29)30)28-14-18(20(31)13-22(28)29)16(2)25(28)34-26(33)17-8-6-5-7-9-17/h5-9,18-19,21-25,32H,2,4,10-15H2,1,3H3/t18-,19+,21-,22-,23+,24-,25-,27+,28+,29+/m1/s1. The average Bonchev–Trinajstić information content (AvgIpc) is 3.37. The van der Waals surface area contributed by atoms with Crippen molar-refractivity contribution in [3.8, 4) is 0 Å². The number of fused-ring (bicyclic) bond motifs is 1. The Hall–Kier alpha value is -1.98. The van der Waals surface area contributed by atoms with Gasteiger partial charge < -0.3 is 9.84 Å². The van der Waals surface area contributed by atoms with E-state index in [-0.39, 0.29) is 45.9 Å². The number of rotatable bonds is 3. The zero-order valence-corrected chi connectivity index (χ0v) is 20.2. The topological polar surface area (TPSA) is 66.8 Å². The summed E-state index contributed by atoms with van der Waals surface area (Å²) in [6, 6.07) is 9.41. The number of nitrogens with zero attached hydrogens (tertiary/aromatic N) is 1. The molecule has 7 bridgehead atoms. The van der Waals surface area contributed by atoms with Crippen molar-refractivity contribution in [1.29, 1.82) is 0 Å². The zero-order chi connectivity index (χ0) is 23.6. The maximum atomic E-state index is 13.5. The first kappa shape index (κ1) is 21.3. The van der Waals surface area contributed by atoms with Gasteiger partial charge in [-0.05, 0) is 73.1 Å². The fourth-order valence-electron chi connectivity index (χ4n) is 10.7. The highest BCUT2D eigenvalue weighted by molar-refractivity contribution is 5.91. The number of aliphatic hydroxyl groups excluding tert-OH is 1. The summed E-state index contributed by atoms with van der Waals surface area (Å²) < 4.78 is 6.35. The third-order valence-electron chi connectivity index (χ3n) is 11.6. The molecular weight excluding hydrogens is 426 g/mol. The van der Waals surface area contributed by atoms with Gasteiger partial charge in [-0.1, -0.05) is 38.6 Å². The Bertz CT molecular complexity index is 1100. The lowest BCUT2D eigenvalue weighted by atomic mass is 9.43. The van der Waals surface area contributed by atoms with Crippen LogP contribution in [0.2, 0.25) is 0 Å². The molecule has 1 saturated heterocycles. The van der Waals surface area contributed by atoms with Crippen LogP contribution >= 0.6 is 0 Å². The van der Waals surface area contributed by atoms with E-state index in [2.05, 4.69) is 25.3 Å². The van der Waals surface area contributed by atoms with E-state index in [1.54, 1.807) is 12.1 Å². The molecule has 5 saturated carbocycles. The molecule has 1 N–H and O–H groups in total. The quantitative estimate of drug-likeness (QED) is 0.547. The maximum absolute atomic E-state index is 13.5. The minimum absolute atomic E-state index is 0.0503. The Labute approximate surface area is 201 Å². The van der Waals surface area contributed by atoms with Crippen LogP contribution in [0.3, 0.4) is 0 Å². The third kappa shape index (κ3) is 2.17. The van der Waals surface area contributed by atoms with Gasteiger partial charge in [0, 0.05) is 35.8 Å². The van der Waals surface area contributed by atoms with Gasteiger partial charge in [-0.3, -0.25) is 9.69 Å². The Balaban J connectivity index is 1.38. The van der Waals surface area contributed by atoms with Crippen molar-refractivity contribution in [3.05, 3.63) is 48.0 Å². The van der Waals surface area contributed by atoms with Crippen molar-refractivity contribution in [3.63, 3.8) is 0 Å². The Morgan fingerprint density at radius 2 is 2.03 bits per heavy atom. The van der Waals surface area contributed by atoms with Crippen molar-refractivity contribution in [2.45, 2.75) is 64.2 Å². The predicted octanol–water partition coefficient (Wildman–Crippen LogP) is 3.86. The lowest BCUT2D eigenvalue weighted by molar-refractivity contribution is -0.211. The van der Waals surface area contributed by atoms with Crippen LogP contribution in [0.15, 0.2) is 42.5 Å². The van der Waals surface area contributed by atoms with Crippen molar-refractivity contribution in [1.82, 2.24) is 4.90 Å². The molecule has 34 heavy (non-hydrogen) atoms. The molecule has 2 spiro atoms. The van der Waals surface area contributed by atoms with Gasteiger partial charge in [0.2, 0.25) is 0 Å². The summed E-state index contributed by atoms with van der Waals surface area (Å²) in [7, 11) is 0. The number of carbonyl (C=O) groups excluding carboxylic acids is 2. The summed E-state index contributed by atoms with van der Waals surface area (Å²) in [5, 5.41) is 11.8. The largest absolute Gasteiger partial charge is 0.454 e. The summed E-state index contributed by atoms with van der Waals surface area (Å²) in [4.78, 5) is 29.4. The fraction of sp³-hybridized carbons (Fsp3) is 0.655. The molecule has 6 fully saturated rings. The van der Waals surface area contributed by atoms with Gasteiger partial charge in [0.15, 0.2) is 0 Å². The number of hydrogen-bond acceptors (Lipinski definition) is 5. The average molecular weight is 462 g/mol. The van der Waals surface area contributed by atoms with E-state index in [9.17, 15) is 14.7 Å². The Kier molecular flexibility index (Phi) is 4.15. The summed E-state index contributed by atoms with van der Waals surface area (Å²) >= 11 is 0. The lowest BCUT2D eigenvalue weighted by Gasteiger charge is -2.65. The van der Waals surface area contributed by atoms with E-state index in [4.69, 9.17) is 4.74 Å². The fourth-order valence-corrected chi connectivity index (χ4v) is 10.7. The molecule has 7 rings (SSSR count). The van der Waals surface area contributed by atoms with E-state index in [0.717, 1.165) is 44.3 Å². The molecule has 0 amide bonds. The van der Waals surface area contributed by atoms with Crippen LogP contribution in [0.5, 0.6) is 0 Å². The number of benzene rings is 1. The highest BCUT2D eigenvalue weighted by Crippen LogP contribution is 2.83. The molecule has 180 valence electrons. The van der Waals surface area contributed by atoms with E-state index in [1.807, 2.05) is 18.2 Å². The van der Waals surface area contributed by atoms with E-state index in [1.165, 1.54) is 0 Å². The molecule has 0 aromatic heterocycles. The Morgan fingerprint density at radius 1 is 1.26 bits per heavy atom. The summed E-state index contributed by atoms with van der Waals surface area (Å²) in [5.74, 6) is 0.495. The number of aliphatic hydroxyl groups is 1. The number of ether oxygens (including phenoxy) is 1. The van der Waals surface area contributed by atoms with Crippen LogP contribution in [-0.2, 0) is 9.53 Å². The molecule has 5 aliphatic carbocycles. The minimum Gasteiger partial charge on any atom is -0.454 e. The van der Waals surface area contributed by atoms with Crippen LogP contribution in [0.25, 0.3) is 0 Å². The van der Waals surface area contributed by atoms with Crippen LogP contribution in [0.1, 0.15) is 56.3 Å². The maximum Gasteiger partial charge on any atom is 0.338 e. The highest BCUT2D eigenvalue weighted by atomic mass is 16.5. The van der Waals surface area contributed by atoms with Crippen LogP contribution in [0.4, 0.5) is 0 Å². The molecule has 1 aromatic rings. The smallest absolute Gasteiger partial charge is 0.338 e. The van der Waals surface area contributed by atoms with Gasteiger partial charge in [-0.15, -0.1) is 0 Å². The molecule has 0 radical (unpaired) electrons. The number of Topliss-reactive ketones (excluding diaryl/α,β-unsaturated/α-hetero) is 1. The summed E-state index contributed by atoms with van der Waals surface area (Å²) in [6.07, 6.45) is 3.31. The van der Waals surface area contributed by atoms with Crippen LogP contribution in [-0.4, -0.2) is 53.1 Å². The second-order valence-corrected chi connectivity index (χ2v) is 12.4. The Morgan fingerprint density at radius 3 is 2.76 bits per heavy atom. The second kappa shape index (κ2) is 6.61. The number of ketones is 1. The van der Waals surface area contributed by atoms with Gasteiger partial charge in [-0.25, -0.2) is 4.79 Å². The number of likely N-dealkylation sites (tertiary alicyclic amines) is 1. The number of piperidine rings is 1. The molecule has 0 unspecified atom stereocenters. The summed E-state index contributed by atoms with van der Waals surface area (Å²) in [5.41, 5.74) is 0.934. The molecule has 1 aliphatic heterocycles. The second-order valence-electron chi connectivity index (χ2n) is 12.4. The van der Waals surface area contributed by atoms with Crippen molar-refractivity contribution in [2.24, 2.45) is 39.9 Å². The molecule has 1 aromatic carbocycles. The molecule has 6 aliphatic rings. The number of hydrogen-bond donors (Lipinski definition) is 1. The minimum atomic E-state index is -0.452. The van der Waals surface area contributed by atoms with E-state index in [0.29, 0.717) is 23.8 Å². The van der Waals surface area contributed by atoms with Gasteiger partial charge in [0.25, 0.3) is 0 Å². The highest BCUT2D eigenvalue weighted by Gasteiger charge is 2.85. The molecule has 5 nitrogen and oxygen atoms in total. The number of carbonyl (C=O) groups is 2. The molecular formula is C29H35NO4.